The SMILES string of the molecule is C/C=C/SC[C@H](NC(C)=O)C(=O)O. The molecule has 2 N–H and O–H groups in total. The van der Waals surface area contributed by atoms with E-state index in [9.17, 15) is 9.59 Å². The summed E-state index contributed by atoms with van der Waals surface area (Å²) in [6.07, 6.45) is 1.82. The third kappa shape index (κ3) is 6.21. The van der Waals surface area contributed by atoms with E-state index >= 15 is 0 Å². The molecular weight excluding hydrogens is 190 g/mol. The highest BCUT2D eigenvalue weighted by Crippen LogP contribution is 2.04. The molecule has 0 unspecified atom stereocenters. The topological polar surface area (TPSA) is 66.4 Å². The van der Waals surface area contributed by atoms with Gasteiger partial charge in [0.15, 0.2) is 0 Å². The van der Waals surface area contributed by atoms with Gasteiger partial charge in [0, 0.05) is 12.7 Å². The van der Waals surface area contributed by atoms with Crippen molar-refractivity contribution in [1.82, 2.24) is 5.32 Å². The number of allylic oxidation sites excluding steroid dienone is 1. The number of aliphatic carboxylic acids is 1. The van der Waals surface area contributed by atoms with E-state index in [1.165, 1.54) is 18.7 Å². The Labute approximate surface area is 81.4 Å². The molecule has 4 nitrogen and oxygen atoms in total. The van der Waals surface area contributed by atoms with E-state index in [-0.39, 0.29) is 5.91 Å². The maximum atomic E-state index is 10.6. The van der Waals surface area contributed by atoms with Gasteiger partial charge in [-0.25, -0.2) is 4.79 Å². The van der Waals surface area contributed by atoms with Crippen molar-refractivity contribution < 1.29 is 14.7 Å². The first-order chi connectivity index (χ1) is 6.07. The number of nitrogens with one attached hydrogen (secondary N) is 1. The summed E-state index contributed by atoms with van der Waals surface area (Å²) in [6.45, 7) is 3.15. The Bertz CT molecular complexity index is 215. The number of amides is 1. The van der Waals surface area contributed by atoms with Gasteiger partial charge >= 0.3 is 5.97 Å². The molecule has 1 atom stereocenters. The van der Waals surface area contributed by atoms with E-state index in [4.69, 9.17) is 5.11 Å². The van der Waals surface area contributed by atoms with Crippen molar-refractivity contribution in [1.29, 1.82) is 0 Å². The predicted molar refractivity (Wildman–Crippen MR) is 52.5 cm³/mol. The largest absolute Gasteiger partial charge is 0.480 e. The Balaban J connectivity index is 3.95. The molecule has 0 aromatic heterocycles. The van der Waals surface area contributed by atoms with Crippen LogP contribution < -0.4 is 5.32 Å². The molecule has 74 valence electrons. The standard InChI is InChI=1S/C8H13NO3S/c1-3-4-13-5-7(8(11)12)9-6(2)10/h3-4,7H,5H2,1-2H3,(H,9,10)(H,11,12)/b4-3+/t7-/m0/s1. The lowest BCUT2D eigenvalue weighted by Gasteiger charge is -2.10. The Morgan fingerprint density at radius 3 is 2.62 bits per heavy atom. The van der Waals surface area contributed by atoms with Crippen LogP contribution in [0, 0.1) is 0 Å². The average molecular weight is 203 g/mol. The van der Waals surface area contributed by atoms with Crippen molar-refractivity contribution >= 4 is 23.6 Å². The normalized spacial score (nSPS) is 12.8. The molecule has 0 fully saturated rings. The van der Waals surface area contributed by atoms with Crippen LogP contribution in [0.1, 0.15) is 13.8 Å². The van der Waals surface area contributed by atoms with Gasteiger partial charge in [-0.1, -0.05) is 6.08 Å². The van der Waals surface area contributed by atoms with Crippen molar-refractivity contribution in [3.05, 3.63) is 11.5 Å². The molecule has 0 aromatic carbocycles. The first-order valence-corrected chi connectivity index (χ1v) is 4.85. The van der Waals surface area contributed by atoms with Crippen LogP contribution in [-0.2, 0) is 9.59 Å². The summed E-state index contributed by atoms with van der Waals surface area (Å²) in [7, 11) is 0. The molecule has 0 bridgehead atoms. The van der Waals surface area contributed by atoms with Crippen LogP contribution >= 0.6 is 11.8 Å². The zero-order valence-electron chi connectivity index (χ0n) is 7.61. The van der Waals surface area contributed by atoms with Gasteiger partial charge < -0.3 is 10.4 Å². The van der Waals surface area contributed by atoms with Gasteiger partial charge in [0.25, 0.3) is 0 Å². The number of rotatable bonds is 5. The lowest BCUT2D eigenvalue weighted by atomic mass is 10.3. The fourth-order valence-electron chi connectivity index (χ4n) is 0.668. The highest BCUT2D eigenvalue weighted by Gasteiger charge is 2.17. The number of carboxylic acid groups (broad SMARTS) is 1. The van der Waals surface area contributed by atoms with Crippen LogP contribution in [0.15, 0.2) is 11.5 Å². The van der Waals surface area contributed by atoms with Gasteiger partial charge in [-0.2, -0.15) is 0 Å². The quantitative estimate of drug-likeness (QED) is 0.695. The summed E-state index contributed by atoms with van der Waals surface area (Å²) in [5, 5.41) is 12.8. The second kappa shape index (κ2) is 6.54. The first-order valence-electron chi connectivity index (χ1n) is 3.80. The molecule has 0 aliphatic carbocycles. The number of carbonyl (C=O) groups is 2. The number of carbonyl (C=O) groups excluding carboxylic acids is 1. The third-order valence-corrected chi connectivity index (χ3v) is 2.16. The molecule has 0 aromatic rings. The number of thioether (sulfide) groups is 1. The molecular formula is C8H13NO3S. The zero-order chi connectivity index (χ0) is 10.3. The van der Waals surface area contributed by atoms with E-state index in [1.54, 1.807) is 5.41 Å². The van der Waals surface area contributed by atoms with E-state index in [1.807, 2.05) is 13.0 Å². The van der Waals surface area contributed by atoms with Crippen LogP contribution in [0.3, 0.4) is 0 Å². The Hall–Kier alpha value is -0.970. The molecule has 0 saturated heterocycles. The van der Waals surface area contributed by atoms with Crippen molar-refractivity contribution in [3.63, 3.8) is 0 Å². The van der Waals surface area contributed by atoms with Gasteiger partial charge in [-0.3, -0.25) is 4.79 Å². The van der Waals surface area contributed by atoms with E-state index in [0.717, 1.165) is 0 Å². The smallest absolute Gasteiger partial charge is 0.327 e. The van der Waals surface area contributed by atoms with Gasteiger partial charge in [-0.15, -0.1) is 11.8 Å². The Kier molecular flexibility index (Phi) is 6.05. The fourth-order valence-corrected chi connectivity index (χ4v) is 1.39. The van der Waals surface area contributed by atoms with Crippen molar-refractivity contribution in [2.45, 2.75) is 19.9 Å². The molecule has 0 aliphatic rings. The number of hydrogen-bond donors (Lipinski definition) is 2. The van der Waals surface area contributed by atoms with Gasteiger partial charge in [0.1, 0.15) is 6.04 Å². The van der Waals surface area contributed by atoms with Crippen LogP contribution in [-0.4, -0.2) is 28.8 Å². The monoisotopic (exact) mass is 203 g/mol. The number of carboxylic acids is 1. The second-order valence-electron chi connectivity index (χ2n) is 2.39. The molecule has 1 amide bonds. The maximum absolute atomic E-state index is 10.6. The van der Waals surface area contributed by atoms with Crippen LogP contribution in [0.2, 0.25) is 0 Å². The van der Waals surface area contributed by atoms with Crippen molar-refractivity contribution in [2.24, 2.45) is 0 Å². The molecule has 0 saturated carbocycles. The highest BCUT2D eigenvalue weighted by atomic mass is 32.2. The highest BCUT2D eigenvalue weighted by molar-refractivity contribution is 8.02. The van der Waals surface area contributed by atoms with Crippen LogP contribution in [0.4, 0.5) is 0 Å². The van der Waals surface area contributed by atoms with Crippen LogP contribution in [0.25, 0.3) is 0 Å². The molecule has 0 rings (SSSR count). The summed E-state index contributed by atoms with van der Waals surface area (Å²) in [5.41, 5.74) is 0. The molecule has 13 heavy (non-hydrogen) atoms. The summed E-state index contributed by atoms with van der Waals surface area (Å²) in [4.78, 5) is 21.2. The van der Waals surface area contributed by atoms with Crippen molar-refractivity contribution in [2.75, 3.05) is 5.75 Å². The first kappa shape index (κ1) is 12.0. The second-order valence-corrected chi connectivity index (χ2v) is 3.33. The Morgan fingerprint density at radius 2 is 2.23 bits per heavy atom. The van der Waals surface area contributed by atoms with E-state index in [2.05, 4.69) is 5.32 Å². The molecule has 0 spiro atoms. The number of hydrogen-bond acceptors (Lipinski definition) is 3. The average Bonchev–Trinajstić information content (AvgIpc) is 2.02. The van der Waals surface area contributed by atoms with Crippen LogP contribution in [0.5, 0.6) is 0 Å². The van der Waals surface area contributed by atoms with E-state index < -0.39 is 12.0 Å². The Morgan fingerprint density at radius 1 is 1.62 bits per heavy atom. The summed E-state index contributed by atoms with van der Waals surface area (Å²) < 4.78 is 0. The third-order valence-electron chi connectivity index (χ3n) is 1.17. The maximum Gasteiger partial charge on any atom is 0.327 e. The summed E-state index contributed by atoms with van der Waals surface area (Å²) >= 11 is 1.36. The fraction of sp³-hybridized carbons (Fsp3) is 0.500. The molecule has 5 heteroatoms. The van der Waals surface area contributed by atoms with E-state index in [0.29, 0.717) is 5.75 Å². The van der Waals surface area contributed by atoms with Crippen molar-refractivity contribution in [3.8, 4) is 0 Å². The molecule has 0 radical (unpaired) electrons. The summed E-state index contributed by atoms with van der Waals surface area (Å²) in [6, 6.07) is -0.807. The predicted octanol–water partition coefficient (Wildman–Crippen LogP) is 0.843. The van der Waals surface area contributed by atoms with Gasteiger partial charge in [0.2, 0.25) is 5.91 Å². The molecule has 0 aliphatic heterocycles. The van der Waals surface area contributed by atoms with Gasteiger partial charge in [-0.05, 0) is 12.3 Å². The summed E-state index contributed by atoms with van der Waals surface area (Å²) in [5.74, 6) is -0.986. The van der Waals surface area contributed by atoms with Gasteiger partial charge in [0.05, 0.1) is 0 Å². The minimum atomic E-state index is -1.01. The zero-order valence-corrected chi connectivity index (χ0v) is 8.43. The minimum Gasteiger partial charge on any atom is -0.480 e. The lowest BCUT2D eigenvalue weighted by Crippen LogP contribution is -2.41. The minimum absolute atomic E-state index is 0.325. The lowest BCUT2D eigenvalue weighted by molar-refractivity contribution is -0.140. The molecule has 0 heterocycles.